The number of rotatable bonds is 2. The maximum Gasteiger partial charge on any atom is 0.136 e. The minimum absolute atomic E-state index is 0.607. The average molecular weight is 277 g/mol. The maximum atomic E-state index is 5.84. The van der Waals surface area contributed by atoms with Crippen molar-refractivity contribution in [1.29, 1.82) is 0 Å². The van der Waals surface area contributed by atoms with Crippen molar-refractivity contribution in [3.63, 3.8) is 0 Å². The number of nitrogens with zero attached hydrogens (tertiary/aromatic N) is 4. The second-order valence-corrected chi connectivity index (χ2v) is 4.73. The Hall–Kier alpha value is -2.87. The van der Waals surface area contributed by atoms with E-state index < -0.39 is 0 Å². The van der Waals surface area contributed by atoms with Crippen LogP contribution in [0.15, 0.2) is 36.4 Å². The van der Waals surface area contributed by atoms with Crippen LogP contribution in [0.25, 0.3) is 11.0 Å². The first kappa shape index (κ1) is 13.1. The molecular formula is C16H15N5. The SMILES string of the molecule is Cc1ccc(N)c(C#CCCn2nc3ccccc3n2)n1. The molecule has 0 radical (unpaired) electrons. The Morgan fingerprint density at radius 2 is 1.81 bits per heavy atom. The van der Waals surface area contributed by atoms with Crippen LogP contribution in [0, 0.1) is 18.8 Å². The second kappa shape index (κ2) is 5.63. The van der Waals surface area contributed by atoms with Gasteiger partial charge in [-0.1, -0.05) is 18.1 Å². The summed E-state index contributed by atoms with van der Waals surface area (Å²) in [7, 11) is 0. The summed E-state index contributed by atoms with van der Waals surface area (Å²) in [4.78, 5) is 5.99. The highest BCUT2D eigenvalue weighted by atomic mass is 15.5. The number of pyridine rings is 1. The molecule has 5 heteroatoms. The minimum atomic E-state index is 0.607. The van der Waals surface area contributed by atoms with Gasteiger partial charge in [0.25, 0.3) is 0 Å². The zero-order valence-electron chi connectivity index (χ0n) is 11.7. The molecule has 0 atom stereocenters. The summed E-state index contributed by atoms with van der Waals surface area (Å²) in [6, 6.07) is 11.5. The van der Waals surface area contributed by atoms with Crippen LogP contribution in [0.5, 0.6) is 0 Å². The predicted octanol–water partition coefficient (Wildman–Crippen LogP) is 2.16. The van der Waals surface area contributed by atoms with Gasteiger partial charge in [-0.05, 0) is 37.1 Å². The third-order valence-corrected chi connectivity index (χ3v) is 3.04. The molecule has 21 heavy (non-hydrogen) atoms. The number of aromatic nitrogens is 4. The molecular weight excluding hydrogens is 262 g/mol. The fraction of sp³-hybridized carbons (Fsp3) is 0.188. The van der Waals surface area contributed by atoms with Gasteiger partial charge in [-0.3, -0.25) is 0 Å². The Labute approximate surface area is 122 Å². The number of nitrogen functional groups attached to an aromatic ring is 1. The summed E-state index contributed by atoms with van der Waals surface area (Å²) in [5.74, 6) is 6.07. The van der Waals surface area contributed by atoms with Crippen LogP contribution in [0.1, 0.15) is 17.8 Å². The van der Waals surface area contributed by atoms with Gasteiger partial charge >= 0.3 is 0 Å². The summed E-state index contributed by atoms with van der Waals surface area (Å²) in [6.45, 7) is 2.57. The first-order chi connectivity index (χ1) is 10.2. The van der Waals surface area contributed by atoms with Crippen LogP contribution in [0.2, 0.25) is 0 Å². The third kappa shape index (κ3) is 3.00. The molecule has 0 saturated heterocycles. The highest BCUT2D eigenvalue weighted by Crippen LogP contribution is 2.08. The molecule has 0 aliphatic carbocycles. The summed E-state index contributed by atoms with van der Waals surface area (Å²) >= 11 is 0. The fourth-order valence-corrected chi connectivity index (χ4v) is 1.97. The van der Waals surface area contributed by atoms with Crippen molar-refractivity contribution < 1.29 is 0 Å². The van der Waals surface area contributed by atoms with Crippen molar-refractivity contribution in [2.24, 2.45) is 0 Å². The van der Waals surface area contributed by atoms with Crippen LogP contribution in [0.4, 0.5) is 5.69 Å². The van der Waals surface area contributed by atoms with Crippen LogP contribution >= 0.6 is 0 Å². The van der Waals surface area contributed by atoms with Crippen molar-refractivity contribution in [1.82, 2.24) is 20.0 Å². The van der Waals surface area contributed by atoms with E-state index in [0.717, 1.165) is 16.7 Å². The topological polar surface area (TPSA) is 69.6 Å². The Morgan fingerprint density at radius 1 is 1.10 bits per heavy atom. The van der Waals surface area contributed by atoms with Crippen molar-refractivity contribution in [2.75, 3.05) is 5.73 Å². The molecule has 104 valence electrons. The van der Waals surface area contributed by atoms with Gasteiger partial charge in [0.1, 0.15) is 16.7 Å². The molecule has 0 amide bonds. The van der Waals surface area contributed by atoms with Gasteiger partial charge < -0.3 is 5.73 Å². The monoisotopic (exact) mass is 277 g/mol. The second-order valence-electron chi connectivity index (χ2n) is 4.73. The molecule has 3 rings (SSSR count). The molecule has 3 aromatic rings. The van der Waals surface area contributed by atoms with Gasteiger partial charge in [0.05, 0.1) is 12.2 Å². The van der Waals surface area contributed by atoms with Gasteiger partial charge in [-0.2, -0.15) is 15.0 Å². The van der Waals surface area contributed by atoms with Crippen molar-refractivity contribution in [3.05, 3.63) is 47.8 Å². The van der Waals surface area contributed by atoms with E-state index in [-0.39, 0.29) is 0 Å². The zero-order valence-corrected chi connectivity index (χ0v) is 11.7. The number of hydrogen-bond donors (Lipinski definition) is 1. The largest absolute Gasteiger partial charge is 0.396 e. The van der Waals surface area contributed by atoms with Gasteiger partial charge in [0.15, 0.2) is 0 Å². The van der Waals surface area contributed by atoms with Crippen molar-refractivity contribution in [2.45, 2.75) is 19.9 Å². The lowest BCUT2D eigenvalue weighted by atomic mass is 10.2. The molecule has 0 saturated carbocycles. The first-order valence-corrected chi connectivity index (χ1v) is 6.74. The standard InChI is InChI=1S/C16H15N5/c1-12-9-10-13(17)14(18-12)6-4-5-11-21-19-15-7-2-3-8-16(15)20-21/h2-3,7-10H,5,11,17H2,1H3. The van der Waals surface area contributed by atoms with Crippen LogP contribution in [-0.4, -0.2) is 20.0 Å². The lowest BCUT2D eigenvalue weighted by Gasteiger charge is -1.98. The number of nitrogens with two attached hydrogens (primary N) is 1. The number of hydrogen-bond acceptors (Lipinski definition) is 4. The molecule has 0 fully saturated rings. The van der Waals surface area contributed by atoms with Gasteiger partial charge in [-0.15, -0.1) is 0 Å². The van der Waals surface area contributed by atoms with E-state index in [2.05, 4.69) is 27.0 Å². The van der Waals surface area contributed by atoms with E-state index in [9.17, 15) is 0 Å². The van der Waals surface area contributed by atoms with Crippen LogP contribution < -0.4 is 5.73 Å². The van der Waals surface area contributed by atoms with E-state index in [1.54, 1.807) is 4.80 Å². The highest BCUT2D eigenvalue weighted by molar-refractivity contribution is 5.72. The van der Waals surface area contributed by atoms with Gasteiger partial charge in [0.2, 0.25) is 0 Å². The Kier molecular flexibility index (Phi) is 3.52. The minimum Gasteiger partial charge on any atom is -0.396 e. The molecule has 0 unspecified atom stereocenters. The Morgan fingerprint density at radius 3 is 2.52 bits per heavy atom. The molecule has 2 heterocycles. The lowest BCUT2D eigenvalue weighted by molar-refractivity contribution is 0.555. The third-order valence-electron chi connectivity index (χ3n) is 3.04. The van der Waals surface area contributed by atoms with E-state index in [1.165, 1.54) is 0 Å². The number of anilines is 1. The Bertz CT molecular complexity index is 805. The number of aryl methyl sites for hydroxylation is 2. The summed E-state index contributed by atoms with van der Waals surface area (Å²) in [5.41, 5.74) is 9.79. The number of benzene rings is 1. The average Bonchev–Trinajstić information content (AvgIpc) is 2.89. The van der Waals surface area contributed by atoms with Crippen LogP contribution in [-0.2, 0) is 6.54 Å². The molecule has 5 nitrogen and oxygen atoms in total. The van der Waals surface area contributed by atoms with Crippen molar-refractivity contribution >= 4 is 16.7 Å². The van der Waals surface area contributed by atoms with Crippen LogP contribution in [0.3, 0.4) is 0 Å². The molecule has 0 bridgehead atoms. The smallest absolute Gasteiger partial charge is 0.136 e. The quantitative estimate of drug-likeness (QED) is 0.729. The highest BCUT2D eigenvalue weighted by Gasteiger charge is 2.00. The van der Waals surface area contributed by atoms with Crippen molar-refractivity contribution in [3.8, 4) is 11.8 Å². The first-order valence-electron chi connectivity index (χ1n) is 6.74. The molecule has 0 aliphatic heterocycles. The summed E-state index contributed by atoms with van der Waals surface area (Å²) in [6.07, 6.45) is 0.649. The lowest BCUT2D eigenvalue weighted by Crippen LogP contribution is -2.01. The molecule has 2 aromatic heterocycles. The normalized spacial score (nSPS) is 10.3. The maximum absolute atomic E-state index is 5.84. The number of fused-ring (bicyclic) bond motifs is 1. The van der Waals surface area contributed by atoms with E-state index in [1.807, 2.05) is 43.3 Å². The van der Waals surface area contributed by atoms with Gasteiger partial charge in [0, 0.05) is 12.1 Å². The van der Waals surface area contributed by atoms with E-state index in [0.29, 0.717) is 24.3 Å². The molecule has 1 aromatic carbocycles. The van der Waals surface area contributed by atoms with E-state index in [4.69, 9.17) is 5.73 Å². The fourth-order valence-electron chi connectivity index (χ4n) is 1.97. The Balaban J connectivity index is 1.69. The zero-order chi connectivity index (χ0) is 14.7. The predicted molar refractivity (Wildman–Crippen MR) is 82.4 cm³/mol. The summed E-state index contributed by atoms with van der Waals surface area (Å²) < 4.78 is 0. The molecule has 0 spiro atoms. The summed E-state index contributed by atoms with van der Waals surface area (Å²) in [5, 5.41) is 8.77. The van der Waals surface area contributed by atoms with E-state index >= 15 is 0 Å². The van der Waals surface area contributed by atoms with Gasteiger partial charge in [-0.25, -0.2) is 4.98 Å². The molecule has 0 aliphatic rings. The molecule has 2 N–H and O–H groups in total.